The molecule has 4 heteroatoms. The molecule has 1 N–H and O–H groups in total. The van der Waals surface area contributed by atoms with Crippen molar-refractivity contribution in [2.75, 3.05) is 0 Å². The number of carbonyl (C=O) groups is 1. The predicted molar refractivity (Wildman–Crippen MR) is 73.6 cm³/mol. The monoisotopic (exact) mass is 274 g/mol. The van der Waals surface area contributed by atoms with Crippen LogP contribution >= 0.6 is 0 Å². The topological polar surface area (TPSA) is 46.5 Å². The van der Waals surface area contributed by atoms with E-state index in [2.05, 4.69) is 0 Å². The number of benzene rings is 2. The van der Waals surface area contributed by atoms with Crippen molar-refractivity contribution in [1.82, 2.24) is 0 Å². The van der Waals surface area contributed by atoms with Gasteiger partial charge < -0.3 is 9.84 Å². The van der Waals surface area contributed by atoms with Gasteiger partial charge >= 0.3 is 5.97 Å². The van der Waals surface area contributed by atoms with Crippen LogP contribution in [-0.4, -0.2) is 11.1 Å². The van der Waals surface area contributed by atoms with E-state index in [0.29, 0.717) is 0 Å². The molecule has 0 aliphatic rings. The Bertz CT molecular complexity index is 630. The van der Waals surface area contributed by atoms with E-state index in [-0.39, 0.29) is 17.9 Å². The van der Waals surface area contributed by atoms with Crippen molar-refractivity contribution in [2.24, 2.45) is 0 Å². The van der Waals surface area contributed by atoms with E-state index >= 15 is 0 Å². The summed E-state index contributed by atoms with van der Waals surface area (Å²) in [6.07, 6.45) is 0. The van der Waals surface area contributed by atoms with Crippen LogP contribution in [0.25, 0.3) is 0 Å². The van der Waals surface area contributed by atoms with Crippen LogP contribution in [0.1, 0.15) is 27.0 Å². The number of halogens is 1. The summed E-state index contributed by atoms with van der Waals surface area (Å²) in [6.45, 7) is 4.01. The third-order valence-electron chi connectivity index (χ3n) is 3.20. The van der Waals surface area contributed by atoms with Crippen LogP contribution in [0.3, 0.4) is 0 Å². The number of aryl methyl sites for hydroxylation is 2. The number of para-hydroxylation sites is 1. The van der Waals surface area contributed by atoms with Crippen LogP contribution < -0.4 is 4.74 Å². The number of ether oxygens (including phenoxy) is 1. The van der Waals surface area contributed by atoms with Crippen molar-refractivity contribution in [3.05, 3.63) is 64.5 Å². The van der Waals surface area contributed by atoms with E-state index < -0.39 is 11.8 Å². The Hall–Kier alpha value is -2.36. The zero-order valence-electron chi connectivity index (χ0n) is 11.3. The predicted octanol–water partition coefficient (Wildman–Crippen LogP) is 3.72. The van der Waals surface area contributed by atoms with E-state index in [0.717, 1.165) is 16.7 Å². The molecule has 2 aromatic carbocycles. The van der Waals surface area contributed by atoms with Crippen molar-refractivity contribution < 1.29 is 19.0 Å². The third kappa shape index (κ3) is 2.79. The van der Waals surface area contributed by atoms with E-state index in [1.54, 1.807) is 0 Å². The Morgan fingerprint density at radius 3 is 2.35 bits per heavy atom. The molecule has 104 valence electrons. The molecule has 0 spiro atoms. The van der Waals surface area contributed by atoms with E-state index in [1.165, 1.54) is 18.2 Å². The zero-order valence-corrected chi connectivity index (χ0v) is 11.3. The Morgan fingerprint density at radius 1 is 1.15 bits per heavy atom. The molecule has 0 aliphatic heterocycles. The van der Waals surface area contributed by atoms with Crippen molar-refractivity contribution >= 4 is 5.97 Å². The maximum absolute atomic E-state index is 13.7. The SMILES string of the molecule is Cc1cccc(C)c1COc1c(F)cccc1C(=O)O. The van der Waals surface area contributed by atoms with E-state index in [1.807, 2.05) is 32.0 Å². The lowest BCUT2D eigenvalue weighted by molar-refractivity contribution is 0.0690. The van der Waals surface area contributed by atoms with Crippen molar-refractivity contribution in [1.29, 1.82) is 0 Å². The molecule has 2 rings (SSSR count). The Kier molecular flexibility index (Phi) is 4.03. The Balaban J connectivity index is 2.30. The molecule has 0 heterocycles. The number of hydrogen-bond donors (Lipinski definition) is 1. The largest absolute Gasteiger partial charge is 0.485 e. The number of rotatable bonds is 4. The van der Waals surface area contributed by atoms with Gasteiger partial charge in [0.1, 0.15) is 12.2 Å². The molecule has 0 unspecified atom stereocenters. The first-order valence-electron chi connectivity index (χ1n) is 6.20. The summed E-state index contributed by atoms with van der Waals surface area (Å²) >= 11 is 0. The molecule has 0 bridgehead atoms. The quantitative estimate of drug-likeness (QED) is 0.924. The number of aromatic carboxylic acids is 1. The standard InChI is InChI=1S/C16H15FO3/c1-10-5-3-6-11(2)13(10)9-20-15-12(16(18)19)7-4-8-14(15)17/h3-8H,9H2,1-2H3,(H,18,19). The molecule has 0 saturated carbocycles. The molecular weight excluding hydrogens is 259 g/mol. The van der Waals surface area contributed by atoms with Gasteiger partial charge in [-0.25, -0.2) is 9.18 Å². The van der Waals surface area contributed by atoms with Crippen LogP contribution in [0.5, 0.6) is 5.75 Å². The summed E-state index contributed by atoms with van der Waals surface area (Å²) in [6, 6.07) is 9.67. The van der Waals surface area contributed by atoms with Gasteiger partial charge in [0, 0.05) is 0 Å². The van der Waals surface area contributed by atoms with Gasteiger partial charge in [0.2, 0.25) is 0 Å². The molecule has 20 heavy (non-hydrogen) atoms. The third-order valence-corrected chi connectivity index (χ3v) is 3.20. The molecule has 0 aliphatic carbocycles. The Morgan fingerprint density at radius 2 is 1.75 bits per heavy atom. The molecule has 0 radical (unpaired) electrons. The van der Waals surface area contributed by atoms with Gasteiger partial charge in [0.15, 0.2) is 11.6 Å². The molecule has 0 amide bonds. The van der Waals surface area contributed by atoms with Crippen LogP contribution in [0.2, 0.25) is 0 Å². The lowest BCUT2D eigenvalue weighted by Gasteiger charge is -2.13. The van der Waals surface area contributed by atoms with Gasteiger partial charge in [-0.05, 0) is 42.7 Å². The van der Waals surface area contributed by atoms with Crippen LogP contribution in [-0.2, 0) is 6.61 Å². The maximum Gasteiger partial charge on any atom is 0.339 e. The molecule has 0 atom stereocenters. The van der Waals surface area contributed by atoms with Crippen molar-refractivity contribution in [3.63, 3.8) is 0 Å². The summed E-state index contributed by atoms with van der Waals surface area (Å²) in [7, 11) is 0. The fraction of sp³-hybridized carbons (Fsp3) is 0.188. The van der Waals surface area contributed by atoms with Gasteiger partial charge in [-0.3, -0.25) is 0 Å². The number of carboxylic acid groups (broad SMARTS) is 1. The number of hydrogen-bond acceptors (Lipinski definition) is 2. The highest BCUT2D eigenvalue weighted by Crippen LogP contribution is 2.25. The van der Waals surface area contributed by atoms with Gasteiger partial charge in [-0.1, -0.05) is 24.3 Å². The minimum atomic E-state index is -1.21. The minimum Gasteiger partial charge on any atom is -0.485 e. The first-order chi connectivity index (χ1) is 9.50. The summed E-state index contributed by atoms with van der Waals surface area (Å²) in [4.78, 5) is 11.1. The Labute approximate surface area is 116 Å². The van der Waals surface area contributed by atoms with Crippen LogP contribution in [0.15, 0.2) is 36.4 Å². The van der Waals surface area contributed by atoms with E-state index in [9.17, 15) is 9.18 Å². The van der Waals surface area contributed by atoms with Gasteiger partial charge in [-0.15, -0.1) is 0 Å². The highest BCUT2D eigenvalue weighted by atomic mass is 19.1. The normalized spacial score (nSPS) is 10.3. The van der Waals surface area contributed by atoms with Crippen molar-refractivity contribution in [3.8, 4) is 5.75 Å². The summed E-state index contributed by atoms with van der Waals surface area (Å²) < 4.78 is 19.1. The molecule has 2 aromatic rings. The smallest absolute Gasteiger partial charge is 0.339 e. The minimum absolute atomic E-state index is 0.139. The van der Waals surface area contributed by atoms with Crippen LogP contribution in [0, 0.1) is 19.7 Å². The second-order valence-electron chi connectivity index (χ2n) is 4.58. The average molecular weight is 274 g/mol. The van der Waals surface area contributed by atoms with E-state index in [4.69, 9.17) is 9.84 Å². The first-order valence-corrected chi connectivity index (χ1v) is 6.20. The maximum atomic E-state index is 13.7. The van der Waals surface area contributed by atoms with Gasteiger partial charge in [-0.2, -0.15) is 0 Å². The van der Waals surface area contributed by atoms with Gasteiger partial charge in [0.25, 0.3) is 0 Å². The molecule has 3 nitrogen and oxygen atoms in total. The fourth-order valence-corrected chi connectivity index (χ4v) is 2.04. The molecular formula is C16H15FO3. The summed E-state index contributed by atoms with van der Waals surface area (Å²) in [5, 5.41) is 9.05. The molecule has 0 aromatic heterocycles. The second-order valence-corrected chi connectivity index (χ2v) is 4.58. The second kappa shape index (κ2) is 5.74. The summed E-state index contributed by atoms with van der Waals surface area (Å²) in [5.74, 6) is -2.10. The summed E-state index contributed by atoms with van der Waals surface area (Å²) in [5.41, 5.74) is 2.82. The lowest BCUT2D eigenvalue weighted by Crippen LogP contribution is -2.07. The lowest BCUT2D eigenvalue weighted by atomic mass is 10.0. The zero-order chi connectivity index (χ0) is 14.7. The highest BCUT2D eigenvalue weighted by molar-refractivity contribution is 5.90. The van der Waals surface area contributed by atoms with Gasteiger partial charge in [0.05, 0.1) is 0 Å². The molecule has 0 fully saturated rings. The van der Waals surface area contributed by atoms with Crippen molar-refractivity contribution in [2.45, 2.75) is 20.5 Å². The average Bonchev–Trinajstić information content (AvgIpc) is 2.39. The van der Waals surface area contributed by atoms with Crippen LogP contribution in [0.4, 0.5) is 4.39 Å². The molecule has 0 saturated heterocycles. The fourth-order valence-electron chi connectivity index (χ4n) is 2.04. The first kappa shape index (κ1) is 14.1. The highest BCUT2D eigenvalue weighted by Gasteiger charge is 2.16. The number of carboxylic acids is 1.